The number of methoxy groups -OCH3 is 1. The molecule has 0 bridgehead atoms. The highest BCUT2D eigenvalue weighted by Crippen LogP contribution is 2.40. The lowest BCUT2D eigenvalue weighted by Gasteiger charge is -2.11. The predicted molar refractivity (Wildman–Crippen MR) is 80.2 cm³/mol. The van der Waals surface area contributed by atoms with Crippen molar-refractivity contribution in [2.45, 2.75) is 13.1 Å². The van der Waals surface area contributed by atoms with Gasteiger partial charge in [0, 0.05) is 30.4 Å². The first kappa shape index (κ1) is 15.3. The Morgan fingerprint density at radius 3 is 2.61 bits per heavy atom. The van der Waals surface area contributed by atoms with Gasteiger partial charge in [0.25, 0.3) is 0 Å². The first-order valence-electron chi connectivity index (χ1n) is 6.86. The molecule has 7 heteroatoms. The molecule has 3 rings (SSSR count). The number of halogens is 3. The number of rotatable bonds is 2. The number of nitrogens with zero attached hydrogens (tertiary/aromatic N) is 3. The van der Waals surface area contributed by atoms with Crippen molar-refractivity contribution in [2.75, 3.05) is 7.11 Å². The van der Waals surface area contributed by atoms with Crippen molar-refractivity contribution >= 4 is 10.9 Å². The van der Waals surface area contributed by atoms with Crippen molar-refractivity contribution in [3.05, 3.63) is 42.0 Å². The molecule has 0 atom stereocenters. The van der Waals surface area contributed by atoms with Gasteiger partial charge in [-0.15, -0.1) is 0 Å². The maximum absolute atomic E-state index is 13.3. The average Bonchev–Trinajstić information content (AvgIpc) is 2.83. The van der Waals surface area contributed by atoms with Gasteiger partial charge in [-0.25, -0.2) is 9.97 Å². The molecule has 0 saturated heterocycles. The van der Waals surface area contributed by atoms with Crippen molar-refractivity contribution in [1.82, 2.24) is 14.5 Å². The summed E-state index contributed by atoms with van der Waals surface area (Å²) < 4.78 is 47.0. The summed E-state index contributed by atoms with van der Waals surface area (Å²) in [7, 11) is 3.28. The normalized spacial score (nSPS) is 11.9. The number of benzene rings is 1. The second kappa shape index (κ2) is 5.26. The highest BCUT2D eigenvalue weighted by atomic mass is 19.4. The summed E-state index contributed by atoms with van der Waals surface area (Å²) in [5.41, 5.74) is 0.149. The highest BCUT2D eigenvalue weighted by Gasteiger charge is 2.36. The minimum Gasteiger partial charge on any atom is -0.495 e. The standard InChI is InChI=1S/C16H14F3N3O/c1-9-20-7-12(16(17,18)19)14(21-9)11-8-22(2)15-10(11)5-4-6-13(15)23-3/h4-8H,1-3H3. The number of aryl methyl sites for hydroxylation is 2. The maximum atomic E-state index is 13.3. The fourth-order valence-corrected chi connectivity index (χ4v) is 2.67. The molecule has 2 aromatic heterocycles. The first-order valence-corrected chi connectivity index (χ1v) is 6.86. The lowest BCUT2D eigenvalue weighted by Crippen LogP contribution is -2.10. The van der Waals surface area contributed by atoms with Crippen LogP contribution in [0.1, 0.15) is 11.4 Å². The molecule has 2 heterocycles. The molecule has 0 saturated carbocycles. The number of fused-ring (bicyclic) bond motifs is 1. The molecule has 0 fully saturated rings. The fraction of sp³-hybridized carbons (Fsp3) is 0.250. The zero-order valence-corrected chi connectivity index (χ0v) is 12.8. The molecule has 0 N–H and O–H groups in total. The minimum atomic E-state index is -4.52. The molecule has 4 nitrogen and oxygen atoms in total. The van der Waals surface area contributed by atoms with Crippen LogP contribution in [0.4, 0.5) is 13.2 Å². The second-order valence-electron chi connectivity index (χ2n) is 5.19. The Morgan fingerprint density at radius 1 is 1.22 bits per heavy atom. The van der Waals surface area contributed by atoms with E-state index in [1.165, 1.54) is 7.11 Å². The number of alkyl halides is 3. The van der Waals surface area contributed by atoms with Crippen LogP contribution < -0.4 is 4.74 Å². The molecule has 1 aromatic carbocycles. The number of para-hydroxylation sites is 1. The molecule has 120 valence electrons. The lowest BCUT2D eigenvalue weighted by molar-refractivity contribution is -0.137. The van der Waals surface area contributed by atoms with Crippen molar-refractivity contribution in [3.63, 3.8) is 0 Å². The Morgan fingerprint density at radius 2 is 1.96 bits per heavy atom. The third-order valence-electron chi connectivity index (χ3n) is 3.65. The van der Waals surface area contributed by atoms with Gasteiger partial charge in [-0.1, -0.05) is 12.1 Å². The van der Waals surface area contributed by atoms with Gasteiger partial charge in [-0.2, -0.15) is 13.2 Å². The van der Waals surface area contributed by atoms with Crippen LogP contribution in [0.15, 0.2) is 30.6 Å². The van der Waals surface area contributed by atoms with Crippen LogP contribution in [0.25, 0.3) is 22.2 Å². The maximum Gasteiger partial charge on any atom is 0.419 e. The van der Waals surface area contributed by atoms with Gasteiger partial charge >= 0.3 is 6.18 Å². The Labute approximate surface area is 130 Å². The van der Waals surface area contributed by atoms with E-state index in [9.17, 15) is 13.2 Å². The molecule has 0 spiro atoms. The van der Waals surface area contributed by atoms with Crippen LogP contribution in [-0.2, 0) is 13.2 Å². The number of aromatic nitrogens is 3. The van der Waals surface area contributed by atoms with Crippen molar-refractivity contribution in [3.8, 4) is 17.0 Å². The summed E-state index contributed by atoms with van der Waals surface area (Å²) in [4.78, 5) is 7.73. The summed E-state index contributed by atoms with van der Waals surface area (Å²) in [6, 6.07) is 5.26. The molecular weight excluding hydrogens is 307 g/mol. The number of ether oxygens (including phenoxy) is 1. The molecule has 0 radical (unpaired) electrons. The molecular formula is C16H14F3N3O. The van der Waals surface area contributed by atoms with E-state index >= 15 is 0 Å². The van der Waals surface area contributed by atoms with Crippen LogP contribution in [0, 0.1) is 6.92 Å². The van der Waals surface area contributed by atoms with E-state index in [2.05, 4.69) is 9.97 Å². The van der Waals surface area contributed by atoms with Crippen LogP contribution >= 0.6 is 0 Å². The van der Waals surface area contributed by atoms with Crippen LogP contribution in [0.3, 0.4) is 0 Å². The van der Waals surface area contributed by atoms with Gasteiger partial charge in [-0.05, 0) is 13.0 Å². The van der Waals surface area contributed by atoms with E-state index in [1.807, 2.05) is 0 Å². The van der Waals surface area contributed by atoms with Gasteiger partial charge in [0.2, 0.25) is 0 Å². The summed E-state index contributed by atoms with van der Waals surface area (Å²) in [5, 5.41) is 0.649. The number of hydrogen-bond acceptors (Lipinski definition) is 3. The van der Waals surface area contributed by atoms with Gasteiger partial charge in [0.05, 0.1) is 18.3 Å². The monoisotopic (exact) mass is 321 g/mol. The summed E-state index contributed by atoms with van der Waals surface area (Å²) in [6.45, 7) is 1.56. The molecule has 23 heavy (non-hydrogen) atoms. The third kappa shape index (κ3) is 2.52. The van der Waals surface area contributed by atoms with Crippen molar-refractivity contribution in [1.29, 1.82) is 0 Å². The molecule has 3 aromatic rings. The van der Waals surface area contributed by atoms with Gasteiger partial charge < -0.3 is 9.30 Å². The Hall–Kier alpha value is -2.57. The molecule has 0 aliphatic heterocycles. The van der Waals surface area contributed by atoms with Crippen LogP contribution in [0.2, 0.25) is 0 Å². The molecule has 0 aliphatic rings. The smallest absolute Gasteiger partial charge is 0.419 e. The predicted octanol–water partition coefficient (Wildman–Crippen LogP) is 3.97. The van der Waals surface area contributed by atoms with E-state index in [0.717, 1.165) is 11.7 Å². The summed E-state index contributed by atoms with van der Waals surface area (Å²) in [5.74, 6) is 0.878. The molecule has 0 unspecified atom stereocenters. The molecule has 0 amide bonds. The van der Waals surface area contributed by atoms with Crippen LogP contribution in [0.5, 0.6) is 5.75 Å². The average molecular weight is 321 g/mol. The van der Waals surface area contributed by atoms with Gasteiger partial charge in [-0.3, -0.25) is 0 Å². The lowest BCUT2D eigenvalue weighted by atomic mass is 10.1. The third-order valence-corrected chi connectivity index (χ3v) is 3.65. The second-order valence-corrected chi connectivity index (χ2v) is 5.19. The Bertz CT molecular complexity index is 884. The summed E-state index contributed by atoms with van der Waals surface area (Å²) in [6.07, 6.45) is -2.06. The van der Waals surface area contributed by atoms with E-state index in [0.29, 0.717) is 16.7 Å². The van der Waals surface area contributed by atoms with E-state index in [1.54, 1.807) is 42.9 Å². The van der Waals surface area contributed by atoms with E-state index < -0.39 is 11.7 Å². The van der Waals surface area contributed by atoms with E-state index in [4.69, 9.17) is 4.74 Å². The van der Waals surface area contributed by atoms with E-state index in [-0.39, 0.29) is 11.5 Å². The molecule has 0 aliphatic carbocycles. The number of hydrogen-bond donors (Lipinski definition) is 0. The van der Waals surface area contributed by atoms with Gasteiger partial charge in [0.15, 0.2) is 0 Å². The van der Waals surface area contributed by atoms with Crippen molar-refractivity contribution in [2.24, 2.45) is 7.05 Å². The highest BCUT2D eigenvalue weighted by molar-refractivity contribution is 5.98. The Balaban J connectivity index is 2.37. The van der Waals surface area contributed by atoms with Crippen molar-refractivity contribution < 1.29 is 17.9 Å². The van der Waals surface area contributed by atoms with Crippen LogP contribution in [-0.4, -0.2) is 21.6 Å². The largest absolute Gasteiger partial charge is 0.495 e. The zero-order valence-electron chi connectivity index (χ0n) is 12.8. The minimum absolute atomic E-state index is 0.121. The van der Waals surface area contributed by atoms with Gasteiger partial charge in [0.1, 0.15) is 17.1 Å². The zero-order chi connectivity index (χ0) is 16.8. The SMILES string of the molecule is COc1cccc2c(-c3nc(C)ncc3C(F)(F)F)cn(C)c12. The fourth-order valence-electron chi connectivity index (χ4n) is 2.67. The first-order chi connectivity index (χ1) is 10.8. The topological polar surface area (TPSA) is 39.9 Å². The quantitative estimate of drug-likeness (QED) is 0.717. The summed E-state index contributed by atoms with van der Waals surface area (Å²) >= 11 is 0. The Kier molecular flexibility index (Phi) is 3.50.